The minimum absolute atomic E-state index is 0.0474. The predicted molar refractivity (Wildman–Crippen MR) is 55.5 cm³/mol. The molecule has 3 N–H and O–H groups in total. The fraction of sp³-hybridized carbons (Fsp3) is 0.333. The zero-order valence-corrected chi connectivity index (χ0v) is 8.48. The van der Waals surface area contributed by atoms with Gasteiger partial charge in [-0.25, -0.2) is 4.79 Å². The van der Waals surface area contributed by atoms with Crippen molar-refractivity contribution < 1.29 is 14.7 Å². The standard InChI is InChI=1S/C9H8N2O3S/c12-7(13)5-3-4-6(15-5)10-8(14)9(11-4)1-2-9/h3,11H,1-2H2,(H,10,14)(H,12,13). The SMILES string of the molecule is O=C(O)c1cc2c(s1)NC(=O)C1(CC1)N2. The van der Waals surface area contributed by atoms with E-state index >= 15 is 0 Å². The first kappa shape index (κ1) is 8.72. The van der Waals surface area contributed by atoms with Crippen molar-refractivity contribution in [2.75, 3.05) is 10.6 Å². The summed E-state index contributed by atoms with van der Waals surface area (Å²) in [6.07, 6.45) is 1.63. The maximum absolute atomic E-state index is 11.6. The molecule has 1 aromatic rings. The third-order valence-electron chi connectivity index (χ3n) is 2.73. The van der Waals surface area contributed by atoms with E-state index in [4.69, 9.17) is 5.11 Å². The van der Waals surface area contributed by atoms with Gasteiger partial charge in [0.05, 0.1) is 5.69 Å². The van der Waals surface area contributed by atoms with Crippen LogP contribution >= 0.6 is 11.3 Å². The van der Waals surface area contributed by atoms with E-state index < -0.39 is 11.5 Å². The lowest BCUT2D eigenvalue weighted by atomic mass is 10.2. The summed E-state index contributed by atoms with van der Waals surface area (Å²) in [5.74, 6) is -1.01. The second-order valence-electron chi connectivity index (χ2n) is 3.82. The quantitative estimate of drug-likeness (QED) is 0.672. The van der Waals surface area contributed by atoms with Gasteiger partial charge in [0.25, 0.3) is 5.91 Å². The molecule has 3 rings (SSSR count). The second kappa shape index (κ2) is 2.52. The van der Waals surface area contributed by atoms with Gasteiger partial charge in [-0.3, -0.25) is 4.79 Å². The fourth-order valence-electron chi connectivity index (χ4n) is 1.70. The Bertz CT molecular complexity index is 476. The first-order valence-electron chi connectivity index (χ1n) is 4.57. The van der Waals surface area contributed by atoms with Crippen LogP contribution in [0.4, 0.5) is 10.7 Å². The van der Waals surface area contributed by atoms with Crippen molar-refractivity contribution in [1.29, 1.82) is 0 Å². The number of nitrogens with one attached hydrogen (secondary N) is 2. The predicted octanol–water partition coefficient (Wildman–Crippen LogP) is 1.34. The van der Waals surface area contributed by atoms with Crippen LogP contribution < -0.4 is 10.6 Å². The Kier molecular flexibility index (Phi) is 1.46. The first-order valence-corrected chi connectivity index (χ1v) is 5.39. The molecule has 6 heteroatoms. The van der Waals surface area contributed by atoms with Gasteiger partial charge in [0.1, 0.15) is 15.4 Å². The number of aromatic carboxylic acids is 1. The molecule has 1 fully saturated rings. The number of carbonyl (C=O) groups is 2. The highest BCUT2D eigenvalue weighted by Gasteiger charge is 2.52. The molecule has 1 aliphatic carbocycles. The van der Waals surface area contributed by atoms with Crippen LogP contribution in [0.3, 0.4) is 0 Å². The maximum atomic E-state index is 11.6. The summed E-state index contributed by atoms with van der Waals surface area (Å²) < 4.78 is 0. The fourth-order valence-corrected chi connectivity index (χ4v) is 2.54. The van der Waals surface area contributed by atoms with Crippen molar-refractivity contribution in [2.45, 2.75) is 18.4 Å². The summed E-state index contributed by atoms with van der Waals surface area (Å²) in [5, 5.41) is 15.3. The Morgan fingerprint density at radius 2 is 2.27 bits per heavy atom. The van der Waals surface area contributed by atoms with Crippen molar-refractivity contribution in [1.82, 2.24) is 0 Å². The van der Waals surface area contributed by atoms with Gasteiger partial charge in [0, 0.05) is 0 Å². The van der Waals surface area contributed by atoms with Crippen LogP contribution in [0.1, 0.15) is 22.5 Å². The van der Waals surface area contributed by atoms with E-state index in [1.807, 2.05) is 0 Å². The zero-order chi connectivity index (χ0) is 10.6. The van der Waals surface area contributed by atoms with Crippen molar-refractivity contribution in [3.05, 3.63) is 10.9 Å². The number of hydrogen-bond acceptors (Lipinski definition) is 4. The Hall–Kier alpha value is -1.56. The van der Waals surface area contributed by atoms with Crippen molar-refractivity contribution >= 4 is 33.9 Å². The van der Waals surface area contributed by atoms with E-state index in [2.05, 4.69) is 10.6 Å². The molecule has 0 bridgehead atoms. The van der Waals surface area contributed by atoms with Gasteiger partial charge in [0.2, 0.25) is 0 Å². The molecule has 5 nitrogen and oxygen atoms in total. The molecule has 0 radical (unpaired) electrons. The number of carbonyl (C=O) groups excluding carboxylic acids is 1. The Morgan fingerprint density at radius 3 is 2.87 bits per heavy atom. The van der Waals surface area contributed by atoms with Gasteiger partial charge in [-0.05, 0) is 18.9 Å². The Labute approximate surface area is 89.1 Å². The van der Waals surface area contributed by atoms with Gasteiger partial charge in [-0.1, -0.05) is 0 Å². The number of hydrogen-bond donors (Lipinski definition) is 3. The second-order valence-corrected chi connectivity index (χ2v) is 4.87. The van der Waals surface area contributed by atoms with Gasteiger partial charge >= 0.3 is 5.97 Å². The van der Waals surface area contributed by atoms with E-state index in [0.29, 0.717) is 5.00 Å². The highest BCUT2D eigenvalue weighted by molar-refractivity contribution is 7.18. The van der Waals surface area contributed by atoms with Gasteiger partial charge in [-0.15, -0.1) is 11.3 Å². The van der Waals surface area contributed by atoms with Crippen molar-refractivity contribution in [2.24, 2.45) is 0 Å². The zero-order valence-electron chi connectivity index (χ0n) is 7.66. The highest BCUT2D eigenvalue weighted by Crippen LogP contribution is 2.47. The molecule has 1 amide bonds. The van der Waals surface area contributed by atoms with Gasteiger partial charge in [0.15, 0.2) is 0 Å². The molecular formula is C9H8N2O3S. The molecule has 0 saturated heterocycles. The molecule has 15 heavy (non-hydrogen) atoms. The lowest BCUT2D eigenvalue weighted by Crippen LogP contribution is -2.40. The molecule has 1 aromatic heterocycles. The summed E-state index contributed by atoms with van der Waals surface area (Å²) in [7, 11) is 0. The monoisotopic (exact) mass is 224 g/mol. The number of thiophene rings is 1. The molecule has 0 unspecified atom stereocenters. The lowest BCUT2D eigenvalue weighted by Gasteiger charge is -2.23. The molecule has 2 aliphatic rings. The van der Waals surface area contributed by atoms with Gasteiger partial charge < -0.3 is 15.7 Å². The molecule has 1 saturated carbocycles. The number of rotatable bonds is 1. The minimum Gasteiger partial charge on any atom is -0.477 e. The summed E-state index contributed by atoms with van der Waals surface area (Å²) >= 11 is 1.08. The number of carboxylic acid groups (broad SMARTS) is 1. The van der Waals surface area contributed by atoms with Gasteiger partial charge in [-0.2, -0.15) is 0 Å². The van der Waals surface area contributed by atoms with E-state index in [0.717, 1.165) is 29.9 Å². The lowest BCUT2D eigenvalue weighted by molar-refractivity contribution is -0.117. The van der Waals surface area contributed by atoms with Crippen LogP contribution in [-0.4, -0.2) is 22.5 Å². The third-order valence-corrected chi connectivity index (χ3v) is 3.77. The summed E-state index contributed by atoms with van der Waals surface area (Å²) in [5.41, 5.74) is 0.277. The molecular weight excluding hydrogens is 216 g/mol. The first-order chi connectivity index (χ1) is 7.11. The molecule has 1 aliphatic heterocycles. The third kappa shape index (κ3) is 1.14. The van der Waals surface area contributed by atoms with Crippen molar-refractivity contribution in [3.63, 3.8) is 0 Å². The number of carboxylic acids is 1. The average molecular weight is 224 g/mol. The van der Waals surface area contributed by atoms with Crippen molar-refractivity contribution in [3.8, 4) is 0 Å². The summed E-state index contributed by atoms with van der Waals surface area (Å²) in [6, 6.07) is 1.57. The molecule has 2 heterocycles. The molecule has 0 atom stereocenters. The van der Waals surface area contributed by atoms with Crippen LogP contribution in [-0.2, 0) is 4.79 Å². The molecule has 1 spiro atoms. The molecule has 0 aromatic carbocycles. The van der Waals surface area contributed by atoms with Crippen LogP contribution in [0.2, 0.25) is 0 Å². The highest BCUT2D eigenvalue weighted by atomic mass is 32.1. The minimum atomic E-state index is -0.963. The largest absolute Gasteiger partial charge is 0.477 e. The van der Waals surface area contributed by atoms with E-state index in [9.17, 15) is 9.59 Å². The maximum Gasteiger partial charge on any atom is 0.346 e. The average Bonchev–Trinajstić information content (AvgIpc) is 2.81. The summed E-state index contributed by atoms with van der Waals surface area (Å²) in [4.78, 5) is 22.6. The number of fused-ring (bicyclic) bond motifs is 1. The normalized spacial score (nSPS) is 20.4. The number of anilines is 2. The van der Waals surface area contributed by atoms with E-state index in [1.54, 1.807) is 6.07 Å². The van der Waals surface area contributed by atoms with Crippen LogP contribution in [0.5, 0.6) is 0 Å². The number of amides is 1. The summed E-state index contributed by atoms with van der Waals surface area (Å²) in [6.45, 7) is 0. The topological polar surface area (TPSA) is 78.4 Å². The van der Waals surface area contributed by atoms with Crippen LogP contribution in [0, 0.1) is 0 Å². The van der Waals surface area contributed by atoms with E-state index in [1.165, 1.54) is 0 Å². The molecule has 78 valence electrons. The Balaban J connectivity index is 2.02. The van der Waals surface area contributed by atoms with Crippen LogP contribution in [0.15, 0.2) is 6.07 Å². The van der Waals surface area contributed by atoms with E-state index in [-0.39, 0.29) is 10.8 Å². The Morgan fingerprint density at radius 1 is 1.53 bits per heavy atom. The van der Waals surface area contributed by atoms with Crippen LogP contribution in [0.25, 0.3) is 0 Å². The smallest absolute Gasteiger partial charge is 0.346 e.